The molecule has 1 aromatic heterocycles. The summed E-state index contributed by atoms with van der Waals surface area (Å²) in [6.45, 7) is 4.52. The average molecular weight is 217 g/mol. The van der Waals surface area contributed by atoms with Crippen LogP contribution in [-0.4, -0.2) is 28.9 Å². The Balaban J connectivity index is 3.03. The van der Waals surface area contributed by atoms with Gasteiger partial charge >= 0.3 is 0 Å². The maximum atomic E-state index is 12.1. The van der Waals surface area contributed by atoms with Crippen LogP contribution >= 0.6 is 0 Å². The monoisotopic (exact) mass is 217 g/mol. The van der Waals surface area contributed by atoms with Crippen LogP contribution in [0.4, 0.5) is 5.69 Å². The fraction of sp³-hybridized carbons (Fsp3) is 0.333. The molecule has 16 heavy (non-hydrogen) atoms. The molecule has 0 fully saturated rings. The molecule has 1 rings (SSSR count). The van der Waals surface area contributed by atoms with Crippen LogP contribution in [0.2, 0.25) is 0 Å². The molecule has 0 bridgehead atoms. The van der Waals surface area contributed by atoms with Gasteiger partial charge in [-0.3, -0.25) is 9.78 Å². The molecule has 0 spiro atoms. The van der Waals surface area contributed by atoms with Gasteiger partial charge in [0.15, 0.2) is 0 Å². The van der Waals surface area contributed by atoms with Gasteiger partial charge in [-0.15, -0.1) is 6.42 Å². The van der Waals surface area contributed by atoms with Crippen LogP contribution in [0.1, 0.15) is 23.0 Å². The molecule has 84 valence electrons. The zero-order valence-corrected chi connectivity index (χ0v) is 9.53. The normalized spacial score (nSPS) is 9.56. The molecule has 0 saturated carbocycles. The van der Waals surface area contributed by atoms with Crippen molar-refractivity contribution in [3.8, 4) is 12.3 Å². The minimum Gasteiger partial charge on any atom is -0.397 e. The van der Waals surface area contributed by atoms with Crippen LogP contribution in [0.15, 0.2) is 12.3 Å². The second-order valence-corrected chi connectivity index (χ2v) is 3.43. The Bertz CT molecular complexity index is 434. The van der Waals surface area contributed by atoms with Gasteiger partial charge in [0.2, 0.25) is 0 Å². The number of hydrogen-bond donors (Lipinski definition) is 1. The van der Waals surface area contributed by atoms with Crippen molar-refractivity contribution in [3.05, 3.63) is 23.5 Å². The number of rotatable bonds is 3. The lowest BCUT2D eigenvalue weighted by molar-refractivity contribution is 0.0784. The quantitative estimate of drug-likeness (QED) is 0.770. The SMILES string of the molecule is C#CCN(CC)C(=O)c1cc(N)cnc1C. The van der Waals surface area contributed by atoms with Crippen molar-refractivity contribution in [3.63, 3.8) is 0 Å². The summed E-state index contributed by atoms with van der Waals surface area (Å²) in [6, 6.07) is 1.63. The molecule has 1 amide bonds. The van der Waals surface area contributed by atoms with E-state index in [4.69, 9.17) is 12.2 Å². The summed E-state index contributed by atoms with van der Waals surface area (Å²) in [7, 11) is 0. The molecule has 0 saturated heterocycles. The zero-order valence-electron chi connectivity index (χ0n) is 9.53. The Morgan fingerprint density at radius 1 is 1.69 bits per heavy atom. The van der Waals surface area contributed by atoms with E-state index in [0.717, 1.165) is 0 Å². The highest BCUT2D eigenvalue weighted by molar-refractivity contribution is 5.96. The number of aryl methyl sites for hydroxylation is 1. The third kappa shape index (κ3) is 2.51. The van der Waals surface area contributed by atoms with E-state index >= 15 is 0 Å². The molecule has 1 heterocycles. The van der Waals surface area contributed by atoms with Crippen molar-refractivity contribution in [2.45, 2.75) is 13.8 Å². The van der Waals surface area contributed by atoms with Gasteiger partial charge in [0, 0.05) is 6.54 Å². The number of hydrogen-bond acceptors (Lipinski definition) is 3. The highest BCUT2D eigenvalue weighted by atomic mass is 16.2. The molecule has 4 nitrogen and oxygen atoms in total. The van der Waals surface area contributed by atoms with Crippen LogP contribution in [0.3, 0.4) is 0 Å². The number of pyridine rings is 1. The molecule has 0 aliphatic rings. The van der Waals surface area contributed by atoms with E-state index in [9.17, 15) is 4.79 Å². The van der Waals surface area contributed by atoms with Gasteiger partial charge in [0.25, 0.3) is 5.91 Å². The first-order valence-electron chi connectivity index (χ1n) is 5.05. The summed E-state index contributed by atoms with van der Waals surface area (Å²) < 4.78 is 0. The average Bonchev–Trinajstić information content (AvgIpc) is 2.28. The Kier molecular flexibility index (Phi) is 3.90. The molecule has 0 atom stereocenters. The Hall–Kier alpha value is -2.02. The second kappa shape index (κ2) is 5.17. The van der Waals surface area contributed by atoms with Crippen molar-refractivity contribution in [1.29, 1.82) is 0 Å². The molecular weight excluding hydrogens is 202 g/mol. The predicted octanol–water partition coefficient (Wildman–Crippen LogP) is 1.07. The summed E-state index contributed by atoms with van der Waals surface area (Å²) >= 11 is 0. The van der Waals surface area contributed by atoms with Gasteiger partial charge in [0.05, 0.1) is 29.7 Å². The van der Waals surface area contributed by atoms with E-state index in [1.807, 2.05) is 6.92 Å². The molecular formula is C12H15N3O. The van der Waals surface area contributed by atoms with E-state index in [-0.39, 0.29) is 5.91 Å². The lowest BCUT2D eigenvalue weighted by atomic mass is 10.1. The third-order valence-electron chi connectivity index (χ3n) is 2.29. The first-order chi connectivity index (χ1) is 7.60. The molecule has 0 aromatic carbocycles. The van der Waals surface area contributed by atoms with E-state index in [0.29, 0.717) is 30.0 Å². The highest BCUT2D eigenvalue weighted by Gasteiger charge is 2.16. The molecule has 0 aliphatic heterocycles. The summed E-state index contributed by atoms with van der Waals surface area (Å²) in [5, 5.41) is 0. The smallest absolute Gasteiger partial charge is 0.256 e. The van der Waals surface area contributed by atoms with Gasteiger partial charge in [-0.05, 0) is 19.9 Å². The molecule has 0 aliphatic carbocycles. The number of carbonyl (C=O) groups is 1. The standard InChI is InChI=1S/C12H15N3O/c1-4-6-15(5-2)12(16)11-7-10(13)8-14-9(11)3/h1,7-8H,5-6,13H2,2-3H3. The first-order valence-corrected chi connectivity index (χ1v) is 5.05. The lowest BCUT2D eigenvalue weighted by Gasteiger charge is -2.18. The number of anilines is 1. The maximum absolute atomic E-state index is 12.1. The number of carbonyl (C=O) groups excluding carboxylic acids is 1. The van der Waals surface area contributed by atoms with Gasteiger partial charge in [-0.2, -0.15) is 0 Å². The Morgan fingerprint density at radius 2 is 2.38 bits per heavy atom. The molecule has 2 N–H and O–H groups in total. The van der Waals surface area contributed by atoms with Crippen molar-refractivity contribution >= 4 is 11.6 Å². The summed E-state index contributed by atoms with van der Waals surface area (Å²) in [4.78, 5) is 17.7. The van der Waals surface area contributed by atoms with Gasteiger partial charge in [-0.25, -0.2) is 0 Å². The zero-order chi connectivity index (χ0) is 12.1. The van der Waals surface area contributed by atoms with Crippen molar-refractivity contribution in [2.24, 2.45) is 0 Å². The van der Waals surface area contributed by atoms with Gasteiger partial charge in [-0.1, -0.05) is 5.92 Å². The molecule has 0 radical (unpaired) electrons. The molecule has 0 unspecified atom stereocenters. The predicted molar refractivity (Wildman–Crippen MR) is 63.8 cm³/mol. The second-order valence-electron chi connectivity index (χ2n) is 3.43. The lowest BCUT2D eigenvalue weighted by Crippen LogP contribution is -2.31. The summed E-state index contributed by atoms with van der Waals surface area (Å²) in [6.07, 6.45) is 6.74. The highest BCUT2D eigenvalue weighted by Crippen LogP contribution is 2.12. The number of nitrogens with two attached hydrogens (primary N) is 1. The number of aromatic nitrogens is 1. The van der Waals surface area contributed by atoms with E-state index in [1.165, 1.54) is 6.20 Å². The Labute approximate surface area is 95.5 Å². The fourth-order valence-electron chi connectivity index (χ4n) is 1.37. The molecule has 1 aromatic rings. The third-order valence-corrected chi connectivity index (χ3v) is 2.29. The number of amides is 1. The van der Waals surface area contributed by atoms with E-state index in [1.54, 1.807) is 17.9 Å². The summed E-state index contributed by atoms with van der Waals surface area (Å²) in [5.74, 6) is 2.33. The first kappa shape index (κ1) is 12.1. The number of nitrogen functional groups attached to an aromatic ring is 1. The Morgan fingerprint density at radius 3 is 2.94 bits per heavy atom. The van der Waals surface area contributed by atoms with Crippen LogP contribution in [0, 0.1) is 19.3 Å². The largest absolute Gasteiger partial charge is 0.397 e. The molecule has 4 heteroatoms. The maximum Gasteiger partial charge on any atom is 0.256 e. The fourth-order valence-corrected chi connectivity index (χ4v) is 1.37. The van der Waals surface area contributed by atoms with Crippen LogP contribution in [0.25, 0.3) is 0 Å². The topological polar surface area (TPSA) is 59.2 Å². The van der Waals surface area contributed by atoms with Crippen LogP contribution in [0.5, 0.6) is 0 Å². The van der Waals surface area contributed by atoms with Crippen molar-refractivity contribution < 1.29 is 4.79 Å². The minimum absolute atomic E-state index is 0.127. The number of nitrogens with zero attached hydrogens (tertiary/aromatic N) is 2. The van der Waals surface area contributed by atoms with Crippen LogP contribution in [-0.2, 0) is 0 Å². The van der Waals surface area contributed by atoms with Gasteiger partial charge in [0.1, 0.15) is 0 Å². The van der Waals surface area contributed by atoms with E-state index in [2.05, 4.69) is 10.9 Å². The van der Waals surface area contributed by atoms with Gasteiger partial charge < -0.3 is 10.6 Å². The van der Waals surface area contributed by atoms with Crippen molar-refractivity contribution in [2.75, 3.05) is 18.8 Å². The van der Waals surface area contributed by atoms with Crippen LogP contribution < -0.4 is 5.73 Å². The summed E-state index contributed by atoms with van der Waals surface area (Å²) in [5.41, 5.74) is 7.26. The minimum atomic E-state index is -0.127. The number of terminal acetylenes is 1. The van der Waals surface area contributed by atoms with Crippen molar-refractivity contribution in [1.82, 2.24) is 9.88 Å². The van der Waals surface area contributed by atoms with E-state index < -0.39 is 0 Å².